The number of aromatic nitrogens is 2. The van der Waals surface area contributed by atoms with Gasteiger partial charge in [-0.15, -0.1) is 0 Å². The number of aromatic amines is 1. The van der Waals surface area contributed by atoms with Gasteiger partial charge in [-0.1, -0.05) is 43.7 Å². The van der Waals surface area contributed by atoms with Crippen LogP contribution in [0.15, 0.2) is 30.5 Å². The fourth-order valence-corrected chi connectivity index (χ4v) is 1.62. The summed E-state index contributed by atoms with van der Waals surface area (Å²) in [5.74, 6) is 0.815. The minimum absolute atomic E-state index is 0.0772. The second-order valence-electron chi connectivity index (χ2n) is 5.05. The summed E-state index contributed by atoms with van der Waals surface area (Å²) in [5.41, 5.74) is 3.01. The molecule has 0 radical (unpaired) electrons. The zero-order chi connectivity index (χ0) is 12.5. The van der Waals surface area contributed by atoms with Crippen LogP contribution in [0.1, 0.15) is 25.2 Å². The lowest BCUT2D eigenvalue weighted by molar-refractivity contribution is 0.212. The van der Waals surface area contributed by atoms with Gasteiger partial charge in [0.05, 0.1) is 18.5 Å². The van der Waals surface area contributed by atoms with Crippen LogP contribution in [-0.4, -0.2) is 21.7 Å². The first-order valence-electron chi connectivity index (χ1n) is 5.76. The van der Waals surface area contributed by atoms with E-state index in [1.165, 1.54) is 5.56 Å². The molecule has 0 unspecified atom stereocenters. The molecule has 0 aliphatic rings. The predicted molar refractivity (Wildman–Crippen MR) is 68.9 cm³/mol. The van der Waals surface area contributed by atoms with Crippen molar-refractivity contribution < 1.29 is 5.11 Å². The number of rotatable bonds is 3. The molecule has 0 spiro atoms. The third-order valence-corrected chi connectivity index (χ3v) is 2.97. The lowest BCUT2D eigenvalue weighted by Gasteiger charge is -2.18. The summed E-state index contributed by atoms with van der Waals surface area (Å²) >= 11 is 0. The van der Waals surface area contributed by atoms with Crippen molar-refractivity contribution >= 4 is 0 Å². The Morgan fingerprint density at radius 3 is 2.47 bits per heavy atom. The van der Waals surface area contributed by atoms with E-state index in [2.05, 4.69) is 41.2 Å². The van der Waals surface area contributed by atoms with Crippen LogP contribution in [0.4, 0.5) is 0 Å². The number of aryl methyl sites for hydroxylation is 1. The lowest BCUT2D eigenvalue weighted by atomic mass is 9.94. The molecule has 2 rings (SSSR count). The Labute approximate surface area is 102 Å². The van der Waals surface area contributed by atoms with Crippen molar-refractivity contribution in [1.29, 1.82) is 0 Å². The standard InChI is InChI=1S/C14H18N2O/c1-10-4-6-11(7-5-10)12-8-15-13(16-12)14(2,3)9-17/h4-8,17H,9H2,1-3H3,(H,15,16). The third-order valence-electron chi connectivity index (χ3n) is 2.97. The van der Waals surface area contributed by atoms with E-state index >= 15 is 0 Å². The molecular formula is C14H18N2O. The molecule has 0 aliphatic heterocycles. The number of H-pyrrole nitrogens is 1. The molecule has 0 amide bonds. The molecule has 17 heavy (non-hydrogen) atoms. The van der Waals surface area contributed by atoms with Crippen LogP contribution in [0.3, 0.4) is 0 Å². The molecule has 0 aliphatic carbocycles. The van der Waals surface area contributed by atoms with Crippen molar-refractivity contribution in [3.05, 3.63) is 41.9 Å². The van der Waals surface area contributed by atoms with Gasteiger partial charge in [-0.2, -0.15) is 0 Å². The highest BCUT2D eigenvalue weighted by atomic mass is 16.3. The number of benzene rings is 1. The minimum atomic E-state index is -0.330. The second-order valence-corrected chi connectivity index (χ2v) is 5.05. The molecule has 3 heteroatoms. The fraction of sp³-hybridized carbons (Fsp3) is 0.357. The molecular weight excluding hydrogens is 212 g/mol. The van der Waals surface area contributed by atoms with E-state index in [1.54, 1.807) is 0 Å². The van der Waals surface area contributed by atoms with Crippen LogP contribution < -0.4 is 0 Å². The summed E-state index contributed by atoms with van der Waals surface area (Å²) < 4.78 is 0. The molecule has 0 fully saturated rings. The first-order chi connectivity index (χ1) is 8.03. The van der Waals surface area contributed by atoms with Crippen LogP contribution in [0, 0.1) is 6.92 Å². The van der Waals surface area contributed by atoms with Crippen molar-refractivity contribution in [2.75, 3.05) is 6.61 Å². The lowest BCUT2D eigenvalue weighted by Crippen LogP contribution is -2.23. The van der Waals surface area contributed by atoms with Gasteiger partial charge < -0.3 is 10.1 Å². The Bertz CT molecular complexity index is 497. The van der Waals surface area contributed by atoms with E-state index in [4.69, 9.17) is 0 Å². The fourth-order valence-electron chi connectivity index (χ4n) is 1.62. The summed E-state index contributed by atoms with van der Waals surface area (Å²) in [5, 5.41) is 9.30. The van der Waals surface area contributed by atoms with Gasteiger partial charge >= 0.3 is 0 Å². The summed E-state index contributed by atoms with van der Waals surface area (Å²) in [6.45, 7) is 6.07. The number of nitrogens with zero attached hydrogens (tertiary/aromatic N) is 1. The Kier molecular flexibility index (Phi) is 3.03. The molecule has 0 saturated heterocycles. The molecule has 1 aromatic carbocycles. The molecule has 1 aromatic heterocycles. The van der Waals surface area contributed by atoms with Crippen molar-refractivity contribution in [2.24, 2.45) is 0 Å². The maximum Gasteiger partial charge on any atom is 0.114 e. The Balaban J connectivity index is 2.33. The van der Waals surface area contributed by atoms with Gasteiger partial charge in [0.25, 0.3) is 0 Å². The van der Waals surface area contributed by atoms with Crippen molar-refractivity contribution in [3.63, 3.8) is 0 Å². The van der Waals surface area contributed by atoms with Gasteiger partial charge in [0.1, 0.15) is 5.82 Å². The van der Waals surface area contributed by atoms with Gasteiger partial charge in [-0.05, 0) is 12.5 Å². The molecule has 0 bridgehead atoms. The third kappa shape index (κ3) is 2.39. The van der Waals surface area contributed by atoms with E-state index in [-0.39, 0.29) is 12.0 Å². The number of hydrogen-bond donors (Lipinski definition) is 2. The van der Waals surface area contributed by atoms with E-state index in [1.807, 2.05) is 20.0 Å². The van der Waals surface area contributed by atoms with E-state index < -0.39 is 0 Å². The molecule has 2 aromatic rings. The van der Waals surface area contributed by atoms with Gasteiger partial charge in [0.2, 0.25) is 0 Å². The van der Waals surface area contributed by atoms with E-state index in [9.17, 15) is 5.11 Å². The maximum absolute atomic E-state index is 9.30. The number of aliphatic hydroxyl groups is 1. The average molecular weight is 230 g/mol. The number of aliphatic hydroxyl groups excluding tert-OH is 1. The molecule has 3 nitrogen and oxygen atoms in total. The van der Waals surface area contributed by atoms with Crippen LogP contribution in [0.2, 0.25) is 0 Å². The molecule has 90 valence electrons. The van der Waals surface area contributed by atoms with Gasteiger partial charge in [0.15, 0.2) is 0 Å². The molecule has 0 saturated carbocycles. The Hall–Kier alpha value is -1.61. The highest BCUT2D eigenvalue weighted by molar-refractivity contribution is 5.58. The van der Waals surface area contributed by atoms with Crippen LogP contribution in [0.5, 0.6) is 0 Å². The first-order valence-corrected chi connectivity index (χ1v) is 5.76. The van der Waals surface area contributed by atoms with Crippen LogP contribution >= 0.6 is 0 Å². The summed E-state index contributed by atoms with van der Waals surface area (Å²) in [6.07, 6.45) is 1.82. The highest BCUT2D eigenvalue weighted by Crippen LogP contribution is 2.23. The van der Waals surface area contributed by atoms with E-state index in [0.29, 0.717) is 0 Å². The van der Waals surface area contributed by atoms with Gasteiger partial charge in [-0.25, -0.2) is 4.98 Å². The van der Waals surface area contributed by atoms with E-state index in [0.717, 1.165) is 17.1 Å². The van der Waals surface area contributed by atoms with Crippen molar-refractivity contribution in [1.82, 2.24) is 9.97 Å². The largest absolute Gasteiger partial charge is 0.395 e. The van der Waals surface area contributed by atoms with Crippen LogP contribution in [0.25, 0.3) is 11.3 Å². The number of hydrogen-bond acceptors (Lipinski definition) is 2. The van der Waals surface area contributed by atoms with Crippen molar-refractivity contribution in [3.8, 4) is 11.3 Å². The monoisotopic (exact) mass is 230 g/mol. The summed E-state index contributed by atoms with van der Waals surface area (Å²) in [6, 6.07) is 8.29. The Morgan fingerprint density at radius 1 is 1.24 bits per heavy atom. The topological polar surface area (TPSA) is 48.9 Å². The molecule has 0 atom stereocenters. The maximum atomic E-state index is 9.30. The highest BCUT2D eigenvalue weighted by Gasteiger charge is 2.23. The first kappa shape index (κ1) is 11.9. The number of imidazole rings is 1. The summed E-state index contributed by atoms with van der Waals surface area (Å²) in [7, 11) is 0. The zero-order valence-corrected chi connectivity index (χ0v) is 10.5. The summed E-state index contributed by atoms with van der Waals surface area (Å²) in [4.78, 5) is 7.61. The Morgan fingerprint density at radius 2 is 1.88 bits per heavy atom. The smallest absolute Gasteiger partial charge is 0.114 e. The zero-order valence-electron chi connectivity index (χ0n) is 10.5. The normalized spacial score (nSPS) is 11.8. The molecule has 2 N–H and O–H groups in total. The number of nitrogens with one attached hydrogen (secondary N) is 1. The van der Waals surface area contributed by atoms with Gasteiger partial charge in [-0.3, -0.25) is 0 Å². The average Bonchev–Trinajstić information content (AvgIpc) is 2.80. The van der Waals surface area contributed by atoms with Crippen molar-refractivity contribution in [2.45, 2.75) is 26.2 Å². The molecule has 1 heterocycles. The minimum Gasteiger partial charge on any atom is -0.395 e. The quantitative estimate of drug-likeness (QED) is 0.851. The van der Waals surface area contributed by atoms with Crippen LogP contribution in [-0.2, 0) is 5.41 Å². The second kappa shape index (κ2) is 4.34. The predicted octanol–water partition coefficient (Wildman–Crippen LogP) is 2.66. The SMILES string of the molecule is Cc1ccc(-c2cnc(C(C)(C)CO)[nH]2)cc1. The van der Waals surface area contributed by atoms with Gasteiger partial charge in [0, 0.05) is 5.41 Å².